The summed E-state index contributed by atoms with van der Waals surface area (Å²) in [5, 5.41) is 19.7. The zero-order valence-corrected chi connectivity index (χ0v) is 12.2. The molecule has 0 saturated carbocycles. The van der Waals surface area contributed by atoms with E-state index in [1.807, 2.05) is 28.7 Å². The van der Waals surface area contributed by atoms with Crippen molar-refractivity contribution in [1.29, 1.82) is 0 Å². The van der Waals surface area contributed by atoms with Gasteiger partial charge in [0.25, 0.3) is 5.91 Å². The van der Waals surface area contributed by atoms with Crippen molar-refractivity contribution in [3.05, 3.63) is 31.8 Å². The summed E-state index contributed by atoms with van der Waals surface area (Å²) in [5.41, 5.74) is 0.330. The molecule has 17 heavy (non-hydrogen) atoms. The maximum Gasteiger partial charge on any atom is 0.328 e. The number of aliphatic hydroxyl groups is 1. The first kappa shape index (κ1) is 14.4. The van der Waals surface area contributed by atoms with Crippen LogP contribution in [0.2, 0.25) is 0 Å². The molecular formula is C10H9BrINO4. The summed E-state index contributed by atoms with van der Waals surface area (Å²) in [5.74, 6) is -1.82. The molecule has 0 aliphatic rings. The highest BCUT2D eigenvalue weighted by Gasteiger charge is 2.20. The van der Waals surface area contributed by atoms with E-state index in [1.165, 1.54) is 0 Å². The fourth-order valence-electron chi connectivity index (χ4n) is 1.09. The third kappa shape index (κ3) is 3.93. The van der Waals surface area contributed by atoms with Gasteiger partial charge in [0.05, 0.1) is 12.2 Å². The van der Waals surface area contributed by atoms with Crippen molar-refractivity contribution in [1.82, 2.24) is 5.32 Å². The molecule has 0 spiro atoms. The van der Waals surface area contributed by atoms with E-state index in [1.54, 1.807) is 12.1 Å². The first-order valence-electron chi connectivity index (χ1n) is 4.55. The van der Waals surface area contributed by atoms with E-state index in [9.17, 15) is 9.59 Å². The van der Waals surface area contributed by atoms with Crippen molar-refractivity contribution < 1.29 is 19.8 Å². The lowest BCUT2D eigenvalue weighted by molar-refractivity contribution is -0.140. The van der Waals surface area contributed by atoms with Gasteiger partial charge in [0.1, 0.15) is 0 Å². The van der Waals surface area contributed by atoms with Crippen molar-refractivity contribution in [2.75, 3.05) is 6.61 Å². The molecule has 0 heterocycles. The molecule has 1 atom stereocenters. The molecule has 7 heteroatoms. The smallest absolute Gasteiger partial charge is 0.328 e. The number of aliphatic carboxylic acids is 1. The Morgan fingerprint density at radius 3 is 2.65 bits per heavy atom. The van der Waals surface area contributed by atoms with Gasteiger partial charge >= 0.3 is 5.97 Å². The Morgan fingerprint density at radius 1 is 1.47 bits per heavy atom. The Balaban J connectivity index is 2.89. The van der Waals surface area contributed by atoms with Gasteiger partial charge in [-0.05, 0) is 56.7 Å². The van der Waals surface area contributed by atoms with Crippen LogP contribution in [0.15, 0.2) is 22.7 Å². The van der Waals surface area contributed by atoms with E-state index in [4.69, 9.17) is 10.2 Å². The van der Waals surface area contributed by atoms with Crippen LogP contribution in [-0.4, -0.2) is 34.7 Å². The van der Waals surface area contributed by atoms with Gasteiger partial charge in [0.15, 0.2) is 6.04 Å². The second-order valence-corrected chi connectivity index (χ2v) is 5.27. The van der Waals surface area contributed by atoms with E-state index >= 15 is 0 Å². The van der Waals surface area contributed by atoms with Crippen LogP contribution in [0.1, 0.15) is 10.4 Å². The second-order valence-electron chi connectivity index (χ2n) is 3.17. The monoisotopic (exact) mass is 413 g/mol. The molecule has 1 amide bonds. The van der Waals surface area contributed by atoms with Gasteiger partial charge in [-0.3, -0.25) is 4.79 Å². The number of carboxylic acid groups (broad SMARTS) is 1. The third-order valence-corrected chi connectivity index (χ3v) is 3.32. The molecular weight excluding hydrogens is 405 g/mol. The number of aliphatic hydroxyl groups excluding tert-OH is 1. The Bertz CT molecular complexity index is 452. The largest absolute Gasteiger partial charge is 0.480 e. The number of nitrogens with one attached hydrogen (secondary N) is 1. The van der Waals surface area contributed by atoms with E-state index in [0.29, 0.717) is 10.0 Å². The molecule has 0 aliphatic heterocycles. The van der Waals surface area contributed by atoms with Gasteiger partial charge in [0, 0.05) is 8.04 Å². The zero-order valence-electron chi connectivity index (χ0n) is 8.48. The maximum absolute atomic E-state index is 11.8. The Labute approximate surface area is 119 Å². The number of amides is 1. The maximum atomic E-state index is 11.8. The Hall–Kier alpha value is -0.670. The highest BCUT2D eigenvalue weighted by atomic mass is 127. The highest BCUT2D eigenvalue weighted by molar-refractivity contribution is 14.1. The number of rotatable bonds is 4. The third-order valence-electron chi connectivity index (χ3n) is 1.96. The SMILES string of the molecule is O=C(N[C@H](CO)C(=O)O)c1cc(I)ccc1Br. The first-order chi connectivity index (χ1) is 7.95. The van der Waals surface area contributed by atoms with Gasteiger partial charge in [0.2, 0.25) is 0 Å². The van der Waals surface area contributed by atoms with Crippen molar-refractivity contribution in [2.45, 2.75) is 6.04 Å². The average molecular weight is 414 g/mol. The minimum Gasteiger partial charge on any atom is -0.480 e. The van der Waals surface area contributed by atoms with Gasteiger partial charge in [-0.25, -0.2) is 4.79 Å². The molecule has 0 saturated heterocycles. The van der Waals surface area contributed by atoms with Crippen molar-refractivity contribution in [2.24, 2.45) is 0 Å². The Morgan fingerprint density at radius 2 is 2.12 bits per heavy atom. The van der Waals surface area contributed by atoms with Crippen molar-refractivity contribution in [3.8, 4) is 0 Å². The van der Waals surface area contributed by atoms with Crippen LogP contribution in [0.25, 0.3) is 0 Å². The summed E-state index contributed by atoms with van der Waals surface area (Å²) in [6.07, 6.45) is 0. The van der Waals surface area contributed by atoms with E-state index in [2.05, 4.69) is 21.2 Å². The normalized spacial score (nSPS) is 11.9. The van der Waals surface area contributed by atoms with Gasteiger partial charge < -0.3 is 15.5 Å². The van der Waals surface area contributed by atoms with Gasteiger partial charge in [-0.15, -0.1) is 0 Å². The predicted molar refractivity (Wildman–Crippen MR) is 72.8 cm³/mol. The lowest BCUT2D eigenvalue weighted by atomic mass is 10.2. The molecule has 0 unspecified atom stereocenters. The minimum absolute atomic E-state index is 0.330. The van der Waals surface area contributed by atoms with Crippen LogP contribution in [0.5, 0.6) is 0 Å². The van der Waals surface area contributed by atoms with Gasteiger partial charge in [-0.1, -0.05) is 0 Å². The Kier molecular flexibility index (Phi) is 5.34. The summed E-state index contributed by atoms with van der Waals surface area (Å²) in [4.78, 5) is 22.4. The predicted octanol–water partition coefficient (Wildman–Crippen LogP) is 1.23. The quantitative estimate of drug-likeness (QED) is 0.648. The lowest BCUT2D eigenvalue weighted by Gasteiger charge is -2.12. The molecule has 0 radical (unpaired) electrons. The fraction of sp³-hybridized carbons (Fsp3) is 0.200. The number of carbonyl (C=O) groups excluding carboxylic acids is 1. The molecule has 1 aromatic carbocycles. The molecule has 0 aromatic heterocycles. The second kappa shape index (κ2) is 6.31. The van der Waals surface area contributed by atoms with Crippen LogP contribution >= 0.6 is 38.5 Å². The number of benzene rings is 1. The van der Waals surface area contributed by atoms with Crippen molar-refractivity contribution in [3.63, 3.8) is 0 Å². The van der Waals surface area contributed by atoms with Crippen LogP contribution in [0, 0.1) is 3.57 Å². The number of hydrogen-bond acceptors (Lipinski definition) is 3. The number of carboxylic acids is 1. The number of halogens is 2. The van der Waals surface area contributed by atoms with Crippen LogP contribution in [-0.2, 0) is 4.79 Å². The molecule has 92 valence electrons. The topological polar surface area (TPSA) is 86.6 Å². The fourth-order valence-corrected chi connectivity index (χ4v) is 2.01. The zero-order chi connectivity index (χ0) is 13.0. The molecule has 0 fully saturated rings. The summed E-state index contributed by atoms with van der Waals surface area (Å²) >= 11 is 5.25. The first-order valence-corrected chi connectivity index (χ1v) is 6.42. The van der Waals surface area contributed by atoms with E-state index in [-0.39, 0.29) is 0 Å². The molecule has 5 nitrogen and oxygen atoms in total. The summed E-state index contributed by atoms with van der Waals surface area (Å²) in [6, 6.07) is 3.83. The average Bonchev–Trinajstić information content (AvgIpc) is 2.28. The standard InChI is InChI=1S/C10H9BrINO4/c11-7-2-1-5(12)3-6(7)9(15)13-8(4-14)10(16)17/h1-3,8,14H,4H2,(H,13,15)(H,16,17)/t8-/m1/s1. The van der Waals surface area contributed by atoms with Crippen LogP contribution in [0.3, 0.4) is 0 Å². The van der Waals surface area contributed by atoms with E-state index in [0.717, 1.165) is 3.57 Å². The highest BCUT2D eigenvalue weighted by Crippen LogP contribution is 2.19. The summed E-state index contributed by atoms with van der Waals surface area (Å²) in [7, 11) is 0. The minimum atomic E-state index is -1.30. The van der Waals surface area contributed by atoms with E-state index < -0.39 is 24.5 Å². The lowest BCUT2D eigenvalue weighted by Crippen LogP contribution is -2.43. The number of hydrogen-bond donors (Lipinski definition) is 3. The molecule has 0 bridgehead atoms. The molecule has 1 rings (SSSR count). The molecule has 1 aromatic rings. The number of carbonyl (C=O) groups is 2. The van der Waals surface area contributed by atoms with Crippen molar-refractivity contribution >= 4 is 50.4 Å². The van der Waals surface area contributed by atoms with Crippen LogP contribution < -0.4 is 5.32 Å². The summed E-state index contributed by atoms with van der Waals surface area (Å²) in [6.45, 7) is -0.650. The summed E-state index contributed by atoms with van der Waals surface area (Å²) < 4.78 is 1.42. The molecule has 3 N–H and O–H groups in total. The molecule has 0 aliphatic carbocycles. The van der Waals surface area contributed by atoms with Gasteiger partial charge in [-0.2, -0.15) is 0 Å². The van der Waals surface area contributed by atoms with Crippen LogP contribution in [0.4, 0.5) is 0 Å².